The number of nitriles is 1. The largest absolute Gasteiger partial charge is 0.205 e. The predicted molar refractivity (Wildman–Crippen MR) is 105 cm³/mol. The summed E-state index contributed by atoms with van der Waals surface area (Å²) in [7, 11) is 0. The van der Waals surface area contributed by atoms with Crippen LogP contribution >= 0.6 is 0 Å². The van der Waals surface area contributed by atoms with Crippen molar-refractivity contribution < 1.29 is 8.78 Å². The number of hydrogen-bond donors (Lipinski definition) is 0. The molecule has 0 amide bonds. The van der Waals surface area contributed by atoms with E-state index in [1.807, 2.05) is 48.5 Å². The van der Waals surface area contributed by atoms with Crippen LogP contribution in [0.3, 0.4) is 0 Å². The molecule has 27 heavy (non-hydrogen) atoms. The normalized spacial score (nSPS) is 10.6. The second-order valence-electron chi connectivity index (χ2n) is 6.59. The summed E-state index contributed by atoms with van der Waals surface area (Å²) in [6.07, 6.45) is 4.06. The second kappa shape index (κ2) is 8.60. The Morgan fingerprint density at radius 3 is 2.19 bits per heavy atom. The molecule has 0 aliphatic carbocycles. The number of nitrogens with zero attached hydrogens (tertiary/aromatic N) is 1. The van der Waals surface area contributed by atoms with Crippen molar-refractivity contribution in [2.24, 2.45) is 0 Å². The Kier molecular flexibility index (Phi) is 5.98. The summed E-state index contributed by atoms with van der Waals surface area (Å²) in [6.45, 7) is 2.15. The minimum absolute atomic E-state index is 0.468. The van der Waals surface area contributed by atoms with Crippen molar-refractivity contribution in [2.75, 3.05) is 0 Å². The fourth-order valence-electron chi connectivity index (χ4n) is 3.40. The molecule has 0 radical (unpaired) electrons. The topological polar surface area (TPSA) is 23.8 Å². The van der Waals surface area contributed by atoms with E-state index in [2.05, 4.69) is 6.92 Å². The average molecular weight is 361 g/mol. The number of hydrogen-bond acceptors (Lipinski definition) is 1. The van der Waals surface area contributed by atoms with Crippen LogP contribution in [0.15, 0.2) is 60.7 Å². The van der Waals surface area contributed by atoms with Crippen LogP contribution in [-0.2, 0) is 6.42 Å². The summed E-state index contributed by atoms with van der Waals surface area (Å²) in [5, 5.41) is 8.96. The Hall–Kier alpha value is -2.99. The third-order valence-corrected chi connectivity index (χ3v) is 4.73. The lowest BCUT2D eigenvalue weighted by Gasteiger charge is -2.16. The van der Waals surface area contributed by atoms with Crippen LogP contribution in [-0.4, -0.2) is 0 Å². The molecule has 0 unspecified atom stereocenters. The summed E-state index contributed by atoms with van der Waals surface area (Å²) in [5.41, 5.74) is 3.76. The van der Waals surface area contributed by atoms with Gasteiger partial charge in [-0.15, -0.1) is 0 Å². The minimum Gasteiger partial charge on any atom is -0.205 e. The fraction of sp³-hybridized carbons (Fsp3) is 0.208. The average Bonchev–Trinajstić information content (AvgIpc) is 2.68. The van der Waals surface area contributed by atoms with E-state index in [1.165, 1.54) is 12.1 Å². The van der Waals surface area contributed by atoms with Crippen LogP contribution in [0.4, 0.5) is 8.78 Å². The maximum atomic E-state index is 14.3. The third-order valence-electron chi connectivity index (χ3n) is 4.73. The Morgan fingerprint density at radius 2 is 1.56 bits per heavy atom. The highest BCUT2D eigenvalue weighted by Crippen LogP contribution is 2.37. The zero-order valence-electron chi connectivity index (χ0n) is 15.3. The van der Waals surface area contributed by atoms with E-state index in [4.69, 9.17) is 5.26 Å². The molecule has 0 atom stereocenters. The maximum Gasteiger partial charge on any atom is 0.144 e. The lowest BCUT2D eigenvalue weighted by atomic mass is 9.88. The Morgan fingerprint density at radius 1 is 0.852 bits per heavy atom. The van der Waals surface area contributed by atoms with Crippen molar-refractivity contribution in [3.05, 3.63) is 83.4 Å². The highest BCUT2D eigenvalue weighted by molar-refractivity contribution is 5.86. The van der Waals surface area contributed by atoms with Gasteiger partial charge in [0.15, 0.2) is 0 Å². The van der Waals surface area contributed by atoms with Crippen LogP contribution in [0.2, 0.25) is 0 Å². The van der Waals surface area contributed by atoms with Crippen molar-refractivity contribution >= 4 is 0 Å². The van der Waals surface area contributed by atoms with Crippen molar-refractivity contribution in [1.29, 1.82) is 5.26 Å². The Labute approximate surface area is 158 Å². The quantitative estimate of drug-likeness (QED) is 0.438. The van der Waals surface area contributed by atoms with Gasteiger partial charge in [-0.05, 0) is 52.8 Å². The van der Waals surface area contributed by atoms with E-state index in [0.717, 1.165) is 47.9 Å². The number of rotatable bonds is 6. The smallest absolute Gasteiger partial charge is 0.144 e. The van der Waals surface area contributed by atoms with E-state index in [-0.39, 0.29) is 0 Å². The molecule has 0 fully saturated rings. The van der Waals surface area contributed by atoms with Crippen molar-refractivity contribution in [2.45, 2.75) is 32.6 Å². The fourth-order valence-corrected chi connectivity index (χ4v) is 3.40. The van der Waals surface area contributed by atoms with Gasteiger partial charge in [-0.1, -0.05) is 68.3 Å². The molecule has 0 saturated carbocycles. The number of halogens is 2. The monoisotopic (exact) mass is 361 g/mol. The molecular formula is C24H21F2N. The van der Waals surface area contributed by atoms with Gasteiger partial charge in [-0.2, -0.15) is 5.26 Å². The lowest BCUT2D eigenvalue weighted by Crippen LogP contribution is -1.98. The van der Waals surface area contributed by atoms with Crippen LogP contribution < -0.4 is 0 Å². The van der Waals surface area contributed by atoms with E-state index in [9.17, 15) is 8.78 Å². The van der Waals surface area contributed by atoms with E-state index in [1.54, 1.807) is 6.07 Å². The molecule has 0 saturated heterocycles. The van der Waals surface area contributed by atoms with Gasteiger partial charge in [0, 0.05) is 0 Å². The summed E-state index contributed by atoms with van der Waals surface area (Å²) >= 11 is 0. The molecular weight excluding hydrogens is 340 g/mol. The molecule has 3 aromatic rings. The van der Waals surface area contributed by atoms with Crippen molar-refractivity contribution in [3.63, 3.8) is 0 Å². The minimum atomic E-state index is -0.824. The number of unbranched alkanes of at least 4 members (excludes halogenated alkanes) is 2. The van der Waals surface area contributed by atoms with Gasteiger partial charge in [0.1, 0.15) is 23.3 Å². The number of benzene rings is 3. The lowest BCUT2D eigenvalue weighted by molar-refractivity contribution is 0.577. The van der Waals surface area contributed by atoms with Crippen molar-refractivity contribution in [1.82, 2.24) is 0 Å². The van der Waals surface area contributed by atoms with E-state index < -0.39 is 17.2 Å². The molecule has 0 heterocycles. The molecule has 0 aromatic heterocycles. The molecule has 136 valence electrons. The van der Waals surface area contributed by atoms with Gasteiger partial charge < -0.3 is 0 Å². The molecule has 3 aromatic carbocycles. The van der Waals surface area contributed by atoms with E-state index >= 15 is 0 Å². The Balaban J connectivity index is 2.21. The van der Waals surface area contributed by atoms with Crippen LogP contribution in [0, 0.1) is 23.0 Å². The van der Waals surface area contributed by atoms with Gasteiger partial charge in [-0.25, -0.2) is 8.78 Å². The summed E-state index contributed by atoms with van der Waals surface area (Å²) in [4.78, 5) is 0. The summed E-state index contributed by atoms with van der Waals surface area (Å²) < 4.78 is 28.6. The van der Waals surface area contributed by atoms with Crippen molar-refractivity contribution in [3.8, 4) is 28.3 Å². The SMILES string of the molecule is CCCCCc1cccc(-c2ccccc2)c1-c1cc(F)c(C#N)c(F)c1. The zero-order chi connectivity index (χ0) is 19.2. The predicted octanol–water partition coefficient (Wildman–Crippen LogP) is 6.90. The standard InChI is InChI=1S/C24H21F2N/c1-2-3-5-11-18-12-8-13-20(17-9-6-4-7-10-17)24(18)19-14-22(25)21(16-27)23(26)15-19/h4,6-10,12-15H,2-3,5,11H2,1H3. The van der Waals surface area contributed by atoms with Gasteiger partial charge >= 0.3 is 0 Å². The molecule has 3 heteroatoms. The first-order chi connectivity index (χ1) is 13.2. The molecule has 0 N–H and O–H groups in total. The molecule has 0 aliphatic rings. The first-order valence-electron chi connectivity index (χ1n) is 9.22. The summed E-state index contributed by atoms with van der Waals surface area (Å²) in [5.74, 6) is -1.65. The highest BCUT2D eigenvalue weighted by atomic mass is 19.1. The van der Waals surface area contributed by atoms with E-state index in [0.29, 0.717) is 5.56 Å². The van der Waals surface area contributed by atoms with Gasteiger partial charge in [0.05, 0.1) is 0 Å². The van der Waals surface area contributed by atoms with Crippen LogP contribution in [0.1, 0.15) is 37.3 Å². The third kappa shape index (κ3) is 4.06. The Bertz CT molecular complexity index is 948. The van der Waals surface area contributed by atoms with Crippen LogP contribution in [0.25, 0.3) is 22.3 Å². The van der Waals surface area contributed by atoms with Gasteiger partial charge in [-0.3, -0.25) is 0 Å². The summed E-state index contributed by atoms with van der Waals surface area (Å²) in [6, 6.07) is 19.9. The van der Waals surface area contributed by atoms with Gasteiger partial charge in [0.25, 0.3) is 0 Å². The highest BCUT2D eigenvalue weighted by Gasteiger charge is 2.17. The molecule has 0 aliphatic heterocycles. The number of aryl methyl sites for hydroxylation is 1. The second-order valence-corrected chi connectivity index (χ2v) is 6.59. The van der Waals surface area contributed by atoms with Crippen LogP contribution in [0.5, 0.6) is 0 Å². The molecule has 1 nitrogen and oxygen atoms in total. The van der Waals surface area contributed by atoms with Gasteiger partial charge in [0.2, 0.25) is 0 Å². The molecule has 0 spiro atoms. The maximum absolute atomic E-state index is 14.3. The first-order valence-corrected chi connectivity index (χ1v) is 9.22. The zero-order valence-corrected chi connectivity index (χ0v) is 15.3. The first kappa shape index (κ1) is 18.8. The molecule has 0 bridgehead atoms. The molecule has 3 rings (SSSR count).